The van der Waals surface area contributed by atoms with Crippen LogP contribution in [0.1, 0.15) is 67.3 Å². The molecule has 0 amide bonds. The summed E-state index contributed by atoms with van der Waals surface area (Å²) in [6.45, 7) is 8.92. The monoisotopic (exact) mass is 274 g/mol. The average molecular weight is 274 g/mol. The molecule has 2 heteroatoms. The number of rotatable bonds is 4. The summed E-state index contributed by atoms with van der Waals surface area (Å²) < 4.78 is 0. The smallest absolute Gasteiger partial charge is 0.0493 e. The highest BCUT2D eigenvalue weighted by molar-refractivity contribution is 5.40. The largest absolute Gasteiger partial charge is 0.271 e. The predicted molar refractivity (Wildman–Crippen MR) is 86.5 cm³/mol. The minimum absolute atomic E-state index is 0.313. The van der Waals surface area contributed by atoms with Gasteiger partial charge in [-0.2, -0.15) is 0 Å². The van der Waals surface area contributed by atoms with Gasteiger partial charge in [-0.3, -0.25) is 11.3 Å². The number of hydrogen-bond donors (Lipinski definition) is 2. The van der Waals surface area contributed by atoms with Crippen molar-refractivity contribution in [1.29, 1.82) is 0 Å². The molecule has 1 fully saturated rings. The lowest BCUT2D eigenvalue weighted by atomic mass is 9.75. The molecule has 0 aromatic heterocycles. The maximum Gasteiger partial charge on any atom is 0.0493 e. The molecule has 1 aliphatic rings. The van der Waals surface area contributed by atoms with Gasteiger partial charge in [-0.25, -0.2) is 0 Å². The molecule has 3 N–H and O–H groups in total. The molecule has 1 aliphatic carbocycles. The van der Waals surface area contributed by atoms with E-state index in [0.717, 1.165) is 5.92 Å². The lowest BCUT2D eigenvalue weighted by molar-refractivity contribution is 0.218. The van der Waals surface area contributed by atoms with Crippen LogP contribution in [0.15, 0.2) is 12.1 Å². The summed E-state index contributed by atoms with van der Waals surface area (Å²) in [5, 5.41) is 0. The van der Waals surface area contributed by atoms with Crippen molar-refractivity contribution in [2.24, 2.45) is 17.7 Å². The van der Waals surface area contributed by atoms with Crippen LogP contribution < -0.4 is 11.3 Å². The van der Waals surface area contributed by atoms with Crippen LogP contribution >= 0.6 is 0 Å². The summed E-state index contributed by atoms with van der Waals surface area (Å²) >= 11 is 0. The Morgan fingerprint density at radius 3 is 2.10 bits per heavy atom. The minimum atomic E-state index is 0.313. The van der Waals surface area contributed by atoms with Crippen molar-refractivity contribution in [3.8, 4) is 0 Å². The Hall–Kier alpha value is -0.860. The molecule has 0 radical (unpaired) electrons. The first kappa shape index (κ1) is 15.5. The van der Waals surface area contributed by atoms with Crippen LogP contribution in [0.2, 0.25) is 0 Å². The van der Waals surface area contributed by atoms with E-state index in [-0.39, 0.29) is 0 Å². The molecule has 0 aliphatic heterocycles. The Labute approximate surface area is 124 Å². The SMILES string of the molecule is CCC1CCC(C(NN)c2c(C)cc(C)cc2C)CC1. The van der Waals surface area contributed by atoms with Crippen molar-refractivity contribution in [3.63, 3.8) is 0 Å². The summed E-state index contributed by atoms with van der Waals surface area (Å²) in [6, 6.07) is 4.88. The topological polar surface area (TPSA) is 38.0 Å². The second-order valence-electron chi connectivity index (χ2n) is 6.65. The highest BCUT2D eigenvalue weighted by Gasteiger charge is 2.29. The van der Waals surface area contributed by atoms with E-state index in [4.69, 9.17) is 5.84 Å². The first-order valence-electron chi connectivity index (χ1n) is 8.10. The van der Waals surface area contributed by atoms with Gasteiger partial charge in [-0.15, -0.1) is 0 Å². The van der Waals surface area contributed by atoms with Crippen LogP contribution in [-0.4, -0.2) is 0 Å². The molecular weight excluding hydrogens is 244 g/mol. The molecule has 0 heterocycles. The molecule has 112 valence electrons. The van der Waals surface area contributed by atoms with Crippen molar-refractivity contribution < 1.29 is 0 Å². The minimum Gasteiger partial charge on any atom is -0.271 e. The zero-order valence-corrected chi connectivity index (χ0v) is 13.5. The Bertz CT molecular complexity index is 422. The highest BCUT2D eigenvalue weighted by atomic mass is 15.2. The van der Waals surface area contributed by atoms with Crippen molar-refractivity contribution in [3.05, 3.63) is 34.4 Å². The summed E-state index contributed by atoms with van der Waals surface area (Å²) in [5.74, 6) is 7.55. The number of hydrazine groups is 1. The van der Waals surface area contributed by atoms with E-state index in [1.807, 2.05) is 0 Å². The van der Waals surface area contributed by atoms with E-state index in [9.17, 15) is 0 Å². The molecule has 0 saturated heterocycles. The lowest BCUT2D eigenvalue weighted by Gasteiger charge is -2.35. The Morgan fingerprint density at radius 1 is 1.10 bits per heavy atom. The molecule has 0 bridgehead atoms. The molecule has 1 aromatic rings. The molecule has 1 aromatic carbocycles. The molecule has 1 saturated carbocycles. The van der Waals surface area contributed by atoms with Crippen LogP contribution in [0.3, 0.4) is 0 Å². The second kappa shape index (κ2) is 6.73. The van der Waals surface area contributed by atoms with Gasteiger partial charge in [0.05, 0.1) is 0 Å². The first-order valence-corrected chi connectivity index (χ1v) is 8.10. The number of nitrogens with one attached hydrogen (secondary N) is 1. The molecule has 2 rings (SSSR count). The van der Waals surface area contributed by atoms with Gasteiger partial charge in [0.15, 0.2) is 0 Å². The van der Waals surface area contributed by atoms with Crippen molar-refractivity contribution in [1.82, 2.24) is 5.43 Å². The number of aryl methyl sites for hydroxylation is 3. The Kier molecular flexibility index (Phi) is 5.22. The van der Waals surface area contributed by atoms with E-state index in [1.54, 1.807) is 0 Å². The molecule has 20 heavy (non-hydrogen) atoms. The zero-order chi connectivity index (χ0) is 14.7. The van der Waals surface area contributed by atoms with Gasteiger partial charge in [0.25, 0.3) is 0 Å². The second-order valence-corrected chi connectivity index (χ2v) is 6.65. The summed E-state index contributed by atoms with van der Waals surface area (Å²) in [6.07, 6.45) is 6.67. The van der Waals surface area contributed by atoms with Gasteiger partial charge in [0.2, 0.25) is 0 Å². The van der Waals surface area contributed by atoms with Gasteiger partial charge in [0, 0.05) is 6.04 Å². The Morgan fingerprint density at radius 2 is 1.65 bits per heavy atom. The fraction of sp³-hybridized carbons (Fsp3) is 0.667. The number of nitrogens with two attached hydrogens (primary N) is 1. The van der Waals surface area contributed by atoms with Gasteiger partial charge < -0.3 is 0 Å². The van der Waals surface area contributed by atoms with Crippen LogP contribution in [0.4, 0.5) is 0 Å². The zero-order valence-electron chi connectivity index (χ0n) is 13.5. The summed E-state index contributed by atoms with van der Waals surface area (Å²) in [4.78, 5) is 0. The quantitative estimate of drug-likeness (QED) is 0.633. The molecular formula is C18H30N2. The first-order chi connectivity index (χ1) is 9.56. The van der Waals surface area contributed by atoms with Crippen LogP contribution in [0.25, 0.3) is 0 Å². The normalized spacial score (nSPS) is 24.6. The molecule has 1 atom stereocenters. The third-order valence-corrected chi connectivity index (χ3v) is 5.17. The number of benzene rings is 1. The fourth-order valence-electron chi connectivity index (χ4n) is 4.07. The van der Waals surface area contributed by atoms with Gasteiger partial charge >= 0.3 is 0 Å². The fourth-order valence-corrected chi connectivity index (χ4v) is 4.07. The van der Waals surface area contributed by atoms with Crippen molar-refractivity contribution >= 4 is 0 Å². The summed E-state index contributed by atoms with van der Waals surface area (Å²) in [5.41, 5.74) is 8.65. The Balaban J connectivity index is 2.21. The summed E-state index contributed by atoms with van der Waals surface area (Å²) in [7, 11) is 0. The van der Waals surface area contributed by atoms with Crippen LogP contribution in [0, 0.1) is 32.6 Å². The van der Waals surface area contributed by atoms with E-state index in [2.05, 4.69) is 45.3 Å². The van der Waals surface area contributed by atoms with E-state index < -0.39 is 0 Å². The van der Waals surface area contributed by atoms with Crippen molar-refractivity contribution in [2.75, 3.05) is 0 Å². The third kappa shape index (κ3) is 3.24. The van der Waals surface area contributed by atoms with Crippen LogP contribution in [0.5, 0.6) is 0 Å². The molecule has 0 spiro atoms. The third-order valence-electron chi connectivity index (χ3n) is 5.17. The lowest BCUT2D eigenvalue weighted by Crippen LogP contribution is -2.36. The highest BCUT2D eigenvalue weighted by Crippen LogP contribution is 2.39. The standard InChI is InChI=1S/C18H30N2/c1-5-15-6-8-16(9-7-15)18(20-19)17-13(3)10-12(2)11-14(17)4/h10-11,15-16,18,20H,5-9,19H2,1-4H3. The van der Waals surface area contributed by atoms with E-state index in [0.29, 0.717) is 12.0 Å². The number of hydrogen-bond acceptors (Lipinski definition) is 2. The maximum absolute atomic E-state index is 5.93. The van der Waals surface area contributed by atoms with Gasteiger partial charge in [-0.05, 0) is 62.1 Å². The average Bonchev–Trinajstić information content (AvgIpc) is 2.43. The molecule has 2 nitrogen and oxygen atoms in total. The van der Waals surface area contributed by atoms with Gasteiger partial charge in [-0.1, -0.05) is 43.9 Å². The maximum atomic E-state index is 5.93. The van der Waals surface area contributed by atoms with E-state index in [1.165, 1.54) is 54.4 Å². The molecule has 1 unspecified atom stereocenters. The predicted octanol–water partition coefficient (Wildman–Crippen LogP) is 4.33. The van der Waals surface area contributed by atoms with Gasteiger partial charge in [0.1, 0.15) is 0 Å². The van der Waals surface area contributed by atoms with Crippen molar-refractivity contribution in [2.45, 2.75) is 65.8 Å². The van der Waals surface area contributed by atoms with E-state index >= 15 is 0 Å². The van der Waals surface area contributed by atoms with Crippen LogP contribution in [-0.2, 0) is 0 Å².